The minimum absolute atomic E-state index is 0.0315. The Balaban J connectivity index is 1.77. The zero-order chi connectivity index (χ0) is 19.2. The van der Waals surface area contributed by atoms with Crippen LogP contribution < -0.4 is 10.9 Å². The second-order valence-electron chi connectivity index (χ2n) is 7.54. The van der Waals surface area contributed by atoms with Gasteiger partial charge in [-0.25, -0.2) is 0 Å². The van der Waals surface area contributed by atoms with Crippen LogP contribution in [0.3, 0.4) is 0 Å². The first-order chi connectivity index (χ1) is 12.9. The molecule has 0 bridgehead atoms. The number of benzene rings is 2. The summed E-state index contributed by atoms with van der Waals surface area (Å²) in [7, 11) is 0. The fourth-order valence-electron chi connectivity index (χ4n) is 3.74. The van der Waals surface area contributed by atoms with Gasteiger partial charge in [0.2, 0.25) is 0 Å². The molecule has 4 rings (SSSR count). The van der Waals surface area contributed by atoms with Crippen LogP contribution in [0.4, 0.5) is 5.69 Å². The Kier molecular flexibility index (Phi) is 4.49. The summed E-state index contributed by atoms with van der Waals surface area (Å²) in [5, 5.41) is 6.02. The highest BCUT2D eigenvalue weighted by Gasteiger charge is 2.41. The van der Waals surface area contributed by atoms with Crippen LogP contribution >= 0.6 is 11.6 Å². The van der Waals surface area contributed by atoms with E-state index in [1.54, 1.807) is 4.57 Å². The second kappa shape index (κ2) is 6.70. The quantitative estimate of drug-likeness (QED) is 0.699. The van der Waals surface area contributed by atoms with Crippen molar-refractivity contribution >= 4 is 28.1 Å². The van der Waals surface area contributed by atoms with Gasteiger partial charge in [0.05, 0.1) is 13.2 Å². The Hall–Kier alpha value is -2.30. The summed E-state index contributed by atoms with van der Waals surface area (Å²) in [5.41, 5.74) is 2.80. The predicted octanol–water partition coefficient (Wildman–Crippen LogP) is 4.88. The Bertz CT molecular complexity index is 1070. The van der Waals surface area contributed by atoms with E-state index in [-0.39, 0.29) is 17.1 Å². The average Bonchev–Trinajstić information content (AvgIpc) is 2.61. The van der Waals surface area contributed by atoms with Gasteiger partial charge in [-0.3, -0.25) is 4.79 Å². The summed E-state index contributed by atoms with van der Waals surface area (Å²) in [5.74, 6) is 0. The van der Waals surface area contributed by atoms with Gasteiger partial charge < -0.3 is 14.6 Å². The van der Waals surface area contributed by atoms with Crippen LogP contribution in [0.5, 0.6) is 0 Å². The average molecular weight is 383 g/mol. The fraction of sp³-hybridized carbons (Fsp3) is 0.318. The lowest BCUT2D eigenvalue weighted by atomic mass is 9.84. The molecule has 0 spiro atoms. The van der Waals surface area contributed by atoms with Gasteiger partial charge >= 0.3 is 0 Å². The van der Waals surface area contributed by atoms with E-state index < -0.39 is 0 Å². The van der Waals surface area contributed by atoms with E-state index in [2.05, 4.69) is 11.4 Å². The molecule has 2 aromatic carbocycles. The maximum absolute atomic E-state index is 12.8. The molecular weight excluding hydrogens is 360 g/mol. The zero-order valence-corrected chi connectivity index (χ0v) is 16.5. The zero-order valence-electron chi connectivity index (χ0n) is 15.8. The molecule has 1 aliphatic heterocycles. The molecule has 0 amide bonds. The summed E-state index contributed by atoms with van der Waals surface area (Å²) in [6, 6.07) is 14.0. The number of aromatic nitrogens is 1. The van der Waals surface area contributed by atoms with Gasteiger partial charge in [0.1, 0.15) is 5.54 Å². The first-order valence-electron chi connectivity index (χ1n) is 9.18. The highest BCUT2D eigenvalue weighted by atomic mass is 35.5. The molecule has 0 radical (unpaired) electrons. The maximum atomic E-state index is 12.8. The van der Waals surface area contributed by atoms with Gasteiger partial charge in [-0.15, -0.1) is 0 Å². The van der Waals surface area contributed by atoms with Crippen molar-refractivity contribution in [1.29, 1.82) is 0 Å². The lowest BCUT2D eigenvalue weighted by Gasteiger charge is -2.44. The van der Waals surface area contributed by atoms with E-state index in [0.717, 1.165) is 32.6 Å². The van der Waals surface area contributed by atoms with Crippen LogP contribution in [-0.4, -0.2) is 17.8 Å². The Labute approximate surface area is 163 Å². The van der Waals surface area contributed by atoms with Gasteiger partial charge in [0, 0.05) is 28.3 Å². The minimum atomic E-state index is -0.325. The number of hydrogen-bond acceptors (Lipinski definition) is 3. The van der Waals surface area contributed by atoms with E-state index in [4.69, 9.17) is 16.3 Å². The molecule has 4 nitrogen and oxygen atoms in total. The molecule has 3 aromatic rings. The monoisotopic (exact) mass is 382 g/mol. The number of nitrogens with zero attached hydrogens (tertiary/aromatic N) is 1. The van der Waals surface area contributed by atoms with E-state index in [1.807, 2.05) is 63.4 Å². The molecule has 0 aliphatic carbocycles. The summed E-state index contributed by atoms with van der Waals surface area (Å²) < 4.78 is 7.31. The van der Waals surface area contributed by atoms with Crippen molar-refractivity contribution in [1.82, 2.24) is 4.57 Å². The van der Waals surface area contributed by atoms with Gasteiger partial charge in [-0.1, -0.05) is 29.8 Å². The van der Waals surface area contributed by atoms with Gasteiger partial charge in [-0.05, 0) is 61.5 Å². The molecule has 5 heteroatoms. The smallest absolute Gasteiger partial charge is 0.258 e. The first-order valence-corrected chi connectivity index (χ1v) is 9.55. The third kappa shape index (κ3) is 3.03. The molecule has 0 unspecified atom stereocenters. The van der Waals surface area contributed by atoms with Crippen molar-refractivity contribution in [3.8, 4) is 0 Å². The number of rotatable bonds is 4. The Morgan fingerprint density at radius 1 is 1.19 bits per heavy atom. The molecule has 27 heavy (non-hydrogen) atoms. The molecule has 140 valence electrons. The summed E-state index contributed by atoms with van der Waals surface area (Å²) >= 11 is 6.34. The third-order valence-corrected chi connectivity index (χ3v) is 5.76. The van der Waals surface area contributed by atoms with Crippen molar-refractivity contribution in [2.45, 2.75) is 32.4 Å². The van der Waals surface area contributed by atoms with Crippen molar-refractivity contribution in [3.63, 3.8) is 0 Å². The van der Waals surface area contributed by atoms with Crippen molar-refractivity contribution in [3.05, 3.63) is 75.2 Å². The van der Waals surface area contributed by atoms with Crippen LogP contribution in [0.1, 0.15) is 31.0 Å². The fourth-order valence-corrected chi connectivity index (χ4v) is 3.92. The van der Waals surface area contributed by atoms with Gasteiger partial charge in [-0.2, -0.15) is 0 Å². The highest BCUT2D eigenvalue weighted by molar-refractivity contribution is 6.31. The summed E-state index contributed by atoms with van der Waals surface area (Å²) in [6.45, 7) is 7.19. The van der Waals surface area contributed by atoms with Crippen molar-refractivity contribution in [2.75, 3.05) is 18.5 Å². The first kappa shape index (κ1) is 18.1. The number of nitrogens with one attached hydrogen (secondary N) is 1. The molecule has 1 aliphatic rings. The maximum Gasteiger partial charge on any atom is 0.258 e. The number of pyridine rings is 1. The number of ether oxygens (including phenoxy) is 1. The largest absolute Gasteiger partial charge is 0.376 e. The van der Waals surface area contributed by atoms with Crippen LogP contribution in [0.2, 0.25) is 5.02 Å². The van der Waals surface area contributed by atoms with E-state index in [0.29, 0.717) is 13.2 Å². The third-order valence-electron chi connectivity index (χ3n) is 5.35. The molecule has 1 fully saturated rings. The van der Waals surface area contributed by atoms with E-state index >= 15 is 0 Å². The summed E-state index contributed by atoms with van der Waals surface area (Å²) in [6.07, 6.45) is 1.86. The summed E-state index contributed by atoms with van der Waals surface area (Å²) in [4.78, 5) is 12.8. The normalized spacial score (nSPS) is 15.7. The van der Waals surface area contributed by atoms with Crippen LogP contribution in [0, 0.1) is 6.92 Å². The molecule has 0 atom stereocenters. The molecule has 1 saturated heterocycles. The Morgan fingerprint density at radius 2 is 1.96 bits per heavy atom. The number of fused-ring (bicyclic) bond motifs is 1. The number of anilines is 1. The molecular formula is C22H23ClN2O2. The van der Waals surface area contributed by atoms with Crippen LogP contribution in [-0.2, 0) is 10.3 Å². The second-order valence-corrected chi connectivity index (χ2v) is 7.94. The molecule has 1 aromatic heterocycles. The topological polar surface area (TPSA) is 43.3 Å². The molecule has 0 saturated carbocycles. The van der Waals surface area contributed by atoms with E-state index in [1.165, 1.54) is 0 Å². The minimum Gasteiger partial charge on any atom is -0.376 e. The lowest BCUT2D eigenvalue weighted by Crippen LogP contribution is -2.53. The van der Waals surface area contributed by atoms with Crippen molar-refractivity contribution in [2.24, 2.45) is 0 Å². The van der Waals surface area contributed by atoms with Crippen LogP contribution in [0.15, 0.2) is 53.5 Å². The van der Waals surface area contributed by atoms with Gasteiger partial charge in [0.15, 0.2) is 0 Å². The molecule has 2 heterocycles. The highest BCUT2D eigenvalue weighted by Crippen LogP contribution is 2.37. The predicted molar refractivity (Wildman–Crippen MR) is 111 cm³/mol. The lowest BCUT2D eigenvalue weighted by molar-refractivity contribution is -0.0449. The number of hydrogen-bond donors (Lipinski definition) is 1. The van der Waals surface area contributed by atoms with Crippen LogP contribution in [0.25, 0.3) is 10.8 Å². The Morgan fingerprint density at radius 3 is 2.63 bits per heavy atom. The molecule has 1 N–H and O–H groups in total. The van der Waals surface area contributed by atoms with Gasteiger partial charge in [0.25, 0.3) is 5.56 Å². The van der Waals surface area contributed by atoms with E-state index in [9.17, 15) is 4.79 Å². The standard InChI is InChI=1S/C22H23ClN2O2/c1-14(2)25-10-9-16-7-8-17(11-18(16)21(25)26)24-22(12-27-13-22)19-5-4-6-20(23)15(19)3/h4-11,14,24H,12-13H2,1-3H3. The SMILES string of the molecule is Cc1c(Cl)cccc1C1(Nc2ccc3ccn(C(C)C)c(=O)c3c2)COC1. The number of halogens is 1. The van der Waals surface area contributed by atoms with Crippen molar-refractivity contribution < 1.29 is 4.74 Å².